The third kappa shape index (κ3) is 5.02. The van der Waals surface area contributed by atoms with Gasteiger partial charge in [-0.05, 0) is 36.1 Å². The Morgan fingerprint density at radius 3 is 2.37 bits per heavy atom. The van der Waals surface area contributed by atoms with Gasteiger partial charge in [-0.1, -0.05) is 85.2 Å². The van der Waals surface area contributed by atoms with E-state index in [0.717, 1.165) is 57.4 Å². The largest absolute Gasteiger partial charge is 0.439 e. The molecule has 0 fully saturated rings. The molecule has 0 atom stereocenters. The number of aryl methyl sites for hydroxylation is 3. The molecule has 0 unspecified atom stereocenters. The van der Waals surface area contributed by atoms with Crippen molar-refractivity contribution in [1.82, 2.24) is 29.5 Å². The summed E-state index contributed by atoms with van der Waals surface area (Å²) in [7, 11) is 1.92. The van der Waals surface area contributed by atoms with Crippen molar-refractivity contribution in [1.29, 1.82) is 0 Å². The number of nitrogens with one attached hydrogen (secondary N) is 1. The van der Waals surface area contributed by atoms with Crippen molar-refractivity contribution in [3.05, 3.63) is 122 Å². The van der Waals surface area contributed by atoms with E-state index in [2.05, 4.69) is 17.1 Å². The molecule has 0 aliphatic rings. The molecule has 206 valence electrons. The molecule has 9 heteroatoms. The molecule has 0 saturated carbocycles. The third-order valence-electron chi connectivity index (χ3n) is 7.44. The zero-order chi connectivity index (χ0) is 28.5. The van der Waals surface area contributed by atoms with Crippen LogP contribution in [0, 0.1) is 6.92 Å². The Hall–Kier alpha value is -5.05. The maximum atomic E-state index is 14.0. The summed E-state index contributed by atoms with van der Waals surface area (Å²) in [6.07, 6.45) is 2.11. The highest BCUT2D eigenvalue weighted by atomic mass is 16.5. The quantitative estimate of drug-likeness (QED) is 0.286. The van der Waals surface area contributed by atoms with Gasteiger partial charge in [0.05, 0.1) is 23.4 Å². The predicted octanol–water partition coefficient (Wildman–Crippen LogP) is 5.04. The summed E-state index contributed by atoms with van der Waals surface area (Å²) in [5, 5.41) is 9.59. The summed E-state index contributed by atoms with van der Waals surface area (Å²) in [6.45, 7) is 4.35. The van der Waals surface area contributed by atoms with Crippen LogP contribution in [0.25, 0.3) is 33.4 Å². The fraction of sp³-hybridized carbons (Fsp3) is 0.219. The van der Waals surface area contributed by atoms with Crippen LogP contribution in [-0.4, -0.2) is 29.5 Å². The lowest BCUT2D eigenvalue weighted by Crippen LogP contribution is -2.30. The van der Waals surface area contributed by atoms with Crippen LogP contribution in [0.2, 0.25) is 0 Å². The van der Waals surface area contributed by atoms with E-state index < -0.39 is 5.76 Å². The Labute approximate surface area is 236 Å². The molecule has 0 amide bonds. The number of H-pyrrole nitrogens is 1. The second-order valence-corrected chi connectivity index (χ2v) is 10.2. The minimum absolute atomic E-state index is 0.0277. The topological polar surface area (TPSA) is 112 Å². The molecule has 0 saturated heterocycles. The molecule has 0 aliphatic heterocycles. The predicted molar refractivity (Wildman–Crippen MR) is 158 cm³/mol. The Kier molecular flexibility index (Phi) is 6.93. The van der Waals surface area contributed by atoms with E-state index in [0.29, 0.717) is 30.2 Å². The van der Waals surface area contributed by atoms with Crippen LogP contribution in [0.5, 0.6) is 0 Å². The van der Waals surface area contributed by atoms with Crippen molar-refractivity contribution >= 4 is 10.9 Å². The number of aromatic amines is 1. The van der Waals surface area contributed by atoms with Crippen molar-refractivity contribution in [3.63, 3.8) is 0 Å². The number of benzene rings is 3. The number of aromatic nitrogens is 6. The maximum Gasteiger partial charge on any atom is 0.439 e. The van der Waals surface area contributed by atoms with Crippen molar-refractivity contribution in [3.8, 4) is 22.5 Å². The number of nitrogens with zero attached hydrogens (tertiary/aromatic N) is 5. The van der Waals surface area contributed by atoms with Crippen LogP contribution >= 0.6 is 0 Å². The van der Waals surface area contributed by atoms with Gasteiger partial charge in [0.1, 0.15) is 5.82 Å². The van der Waals surface area contributed by atoms with Crippen molar-refractivity contribution in [2.45, 2.75) is 39.7 Å². The maximum absolute atomic E-state index is 14.0. The smallest absolute Gasteiger partial charge is 0.296 e. The summed E-state index contributed by atoms with van der Waals surface area (Å²) in [5.41, 5.74) is 7.06. The van der Waals surface area contributed by atoms with Crippen LogP contribution in [-0.2, 0) is 26.4 Å². The van der Waals surface area contributed by atoms with Crippen LogP contribution in [0.1, 0.15) is 41.7 Å². The van der Waals surface area contributed by atoms with Gasteiger partial charge in [-0.25, -0.2) is 9.78 Å². The van der Waals surface area contributed by atoms with Gasteiger partial charge >= 0.3 is 5.76 Å². The fourth-order valence-electron chi connectivity index (χ4n) is 5.41. The van der Waals surface area contributed by atoms with E-state index in [1.165, 1.54) is 0 Å². The molecule has 1 N–H and O–H groups in total. The minimum Gasteiger partial charge on any atom is -0.296 e. The summed E-state index contributed by atoms with van der Waals surface area (Å²) in [4.78, 5) is 33.0. The monoisotopic (exact) mass is 546 g/mol. The Morgan fingerprint density at radius 2 is 1.63 bits per heavy atom. The highest BCUT2D eigenvalue weighted by molar-refractivity contribution is 5.82. The van der Waals surface area contributed by atoms with Gasteiger partial charge in [-0.2, -0.15) is 5.10 Å². The molecule has 9 nitrogen and oxygen atoms in total. The van der Waals surface area contributed by atoms with Crippen molar-refractivity contribution in [2.24, 2.45) is 7.05 Å². The van der Waals surface area contributed by atoms with Gasteiger partial charge in [-0.15, -0.1) is 0 Å². The van der Waals surface area contributed by atoms with Gasteiger partial charge in [0, 0.05) is 30.0 Å². The van der Waals surface area contributed by atoms with Crippen molar-refractivity contribution < 1.29 is 4.52 Å². The minimum atomic E-state index is -0.596. The lowest BCUT2D eigenvalue weighted by atomic mass is 9.96. The zero-order valence-electron chi connectivity index (χ0n) is 23.2. The van der Waals surface area contributed by atoms with Crippen molar-refractivity contribution in [2.75, 3.05) is 0 Å². The summed E-state index contributed by atoms with van der Waals surface area (Å²) < 4.78 is 8.31. The van der Waals surface area contributed by atoms with E-state index in [1.807, 2.05) is 91.4 Å². The standard InChI is InChI=1S/C32H30N6O3/c1-4-9-27-26(31(39)38(20(2)33-27)19-28-25-12-7-8-13-29(25)37(3)35-28)18-21-14-16-22(17-15-21)23-10-5-6-11-24(23)30-34-32(40)41-36-30/h5-8,10-17H,4,9,18-19H2,1-3H3,(H,34,36,40). The molecule has 0 aliphatic carbocycles. The van der Waals surface area contributed by atoms with Crippen LogP contribution < -0.4 is 11.3 Å². The van der Waals surface area contributed by atoms with E-state index in [4.69, 9.17) is 14.6 Å². The molecule has 0 radical (unpaired) electrons. The van der Waals surface area contributed by atoms with Gasteiger partial charge in [0.25, 0.3) is 5.56 Å². The Bertz CT molecular complexity index is 1980. The summed E-state index contributed by atoms with van der Waals surface area (Å²) in [6, 6.07) is 23.8. The van der Waals surface area contributed by atoms with E-state index in [-0.39, 0.29) is 5.56 Å². The summed E-state index contributed by atoms with van der Waals surface area (Å²) in [5.74, 6) is 0.474. The zero-order valence-corrected chi connectivity index (χ0v) is 23.2. The van der Waals surface area contributed by atoms with Crippen LogP contribution in [0.3, 0.4) is 0 Å². The molecule has 6 aromatic rings. The number of hydrogen-bond acceptors (Lipinski definition) is 6. The molecule has 0 spiro atoms. The number of rotatable bonds is 8. The average Bonchev–Trinajstić information content (AvgIpc) is 3.56. The average molecular weight is 547 g/mol. The third-order valence-corrected chi connectivity index (χ3v) is 7.44. The first-order valence-electron chi connectivity index (χ1n) is 13.7. The SMILES string of the molecule is CCCc1nc(C)n(Cc2nn(C)c3ccccc23)c(=O)c1Cc1ccc(-c2ccccc2-c2noc(=O)[nH]2)cc1. The second-order valence-electron chi connectivity index (χ2n) is 10.2. The number of fused-ring (bicyclic) bond motifs is 1. The normalized spacial score (nSPS) is 11.4. The first kappa shape index (κ1) is 26.2. The lowest BCUT2D eigenvalue weighted by molar-refractivity contribution is 0.388. The van der Waals surface area contributed by atoms with E-state index in [9.17, 15) is 9.59 Å². The van der Waals surface area contributed by atoms with Gasteiger partial charge in [0.2, 0.25) is 0 Å². The molecular formula is C32H30N6O3. The second kappa shape index (κ2) is 10.8. The Balaban J connectivity index is 1.35. The van der Waals surface area contributed by atoms with Crippen LogP contribution in [0.15, 0.2) is 86.9 Å². The number of hydrogen-bond donors (Lipinski definition) is 1. The highest BCUT2D eigenvalue weighted by Gasteiger charge is 2.18. The van der Waals surface area contributed by atoms with Gasteiger partial charge < -0.3 is 0 Å². The molecule has 3 aromatic carbocycles. The molecule has 41 heavy (non-hydrogen) atoms. The molecular weight excluding hydrogens is 516 g/mol. The molecule has 0 bridgehead atoms. The Morgan fingerprint density at radius 1 is 0.902 bits per heavy atom. The first-order valence-corrected chi connectivity index (χ1v) is 13.7. The number of para-hydroxylation sites is 1. The molecule has 3 aromatic heterocycles. The molecule has 6 rings (SSSR count). The van der Waals surface area contributed by atoms with E-state index in [1.54, 1.807) is 4.57 Å². The summed E-state index contributed by atoms with van der Waals surface area (Å²) >= 11 is 0. The van der Waals surface area contributed by atoms with Gasteiger partial charge in [0.15, 0.2) is 5.82 Å². The van der Waals surface area contributed by atoms with Crippen LogP contribution in [0.4, 0.5) is 0 Å². The first-order chi connectivity index (χ1) is 19.9. The van der Waals surface area contributed by atoms with Gasteiger partial charge in [-0.3, -0.25) is 23.6 Å². The lowest BCUT2D eigenvalue weighted by Gasteiger charge is -2.15. The fourth-order valence-corrected chi connectivity index (χ4v) is 5.41. The highest BCUT2D eigenvalue weighted by Crippen LogP contribution is 2.30. The van der Waals surface area contributed by atoms with E-state index >= 15 is 0 Å². The molecule has 3 heterocycles.